The van der Waals surface area contributed by atoms with Crippen molar-refractivity contribution in [1.29, 1.82) is 0 Å². The van der Waals surface area contributed by atoms with Crippen LogP contribution in [0.3, 0.4) is 0 Å². The molecule has 1 aromatic heterocycles. The molecule has 0 spiro atoms. The fourth-order valence-corrected chi connectivity index (χ4v) is 4.90. The monoisotopic (exact) mass is 442 g/mol. The lowest BCUT2D eigenvalue weighted by Crippen LogP contribution is -2.43. The molecule has 0 saturated carbocycles. The number of imidazole rings is 1. The molecule has 0 atom stereocenters. The zero-order valence-corrected chi connectivity index (χ0v) is 19.7. The van der Waals surface area contributed by atoms with Crippen molar-refractivity contribution in [3.63, 3.8) is 0 Å². The van der Waals surface area contributed by atoms with E-state index < -0.39 is 15.6 Å². The van der Waals surface area contributed by atoms with Crippen LogP contribution in [0, 0.1) is 12.8 Å². The summed E-state index contributed by atoms with van der Waals surface area (Å²) in [5.41, 5.74) is -0.513. The number of sulfonamides is 1. The van der Waals surface area contributed by atoms with Gasteiger partial charge in [-0.15, -0.1) is 0 Å². The van der Waals surface area contributed by atoms with Gasteiger partial charge in [0.1, 0.15) is 11.4 Å². The SMILES string of the molecule is Cc1nc(S(=O)(=O)N2CCC(C(=O)N(C)CCCC(=O)OC(C)(C)C)CC2)cn1C. The third kappa shape index (κ3) is 6.28. The summed E-state index contributed by atoms with van der Waals surface area (Å²) in [5.74, 6) is 0.136. The zero-order valence-electron chi connectivity index (χ0n) is 18.8. The highest BCUT2D eigenvalue weighted by Crippen LogP contribution is 2.24. The molecule has 0 aliphatic carbocycles. The van der Waals surface area contributed by atoms with Crippen molar-refractivity contribution in [2.45, 2.75) is 64.0 Å². The molecule has 1 aromatic rings. The Morgan fingerprint density at radius 2 is 1.87 bits per heavy atom. The molecule has 0 N–H and O–H groups in total. The third-order valence-corrected chi connectivity index (χ3v) is 6.93. The quantitative estimate of drug-likeness (QED) is 0.596. The van der Waals surface area contributed by atoms with Gasteiger partial charge in [0.2, 0.25) is 5.91 Å². The summed E-state index contributed by atoms with van der Waals surface area (Å²) in [6, 6.07) is 0. The highest BCUT2D eigenvalue weighted by Gasteiger charge is 2.34. The number of rotatable bonds is 7. The summed E-state index contributed by atoms with van der Waals surface area (Å²) in [6.45, 7) is 8.26. The van der Waals surface area contributed by atoms with Gasteiger partial charge in [-0.1, -0.05) is 0 Å². The van der Waals surface area contributed by atoms with Crippen LogP contribution < -0.4 is 0 Å². The van der Waals surface area contributed by atoms with Crippen molar-refractivity contribution in [3.8, 4) is 0 Å². The Hall–Kier alpha value is -1.94. The van der Waals surface area contributed by atoms with Crippen molar-refractivity contribution in [2.75, 3.05) is 26.7 Å². The van der Waals surface area contributed by atoms with Gasteiger partial charge >= 0.3 is 5.97 Å². The number of carbonyl (C=O) groups excluding carboxylic acids is 2. The molecule has 30 heavy (non-hydrogen) atoms. The summed E-state index contributed by atoms with van der Waals surface area (Å²) in [4.78, 5) is 30.2. The highest BCUT2D eigenvalue weighted by atomic mass is 32.2. The molecule has 10 heteroatoms. The van der Waals surface area contributed by atoms with Crippen LogP contribution in [0.1, 0.15) is 52.3 Å². The van der Waals surface area contributed by atoms with Crippen LogP contribution in [-0.2, 0) is 31.4 Å². The Morgan fingerprint density at radius 3 is 2.37 bits per heavy atom. The molecule has 0 unspecified atom stereocenters. The number of hydrogen-bond donors (Lipinski definition) is 0. The van der Waals surface area contributed by atoms with E-state index in [1.165, 1.54) is 10.5 Å². The lowest BCUT2D eigenvalue weighted by molar-refractivity contribution is -0.155. The van der Waals surface area contributed by atoms with Gasteiger partial charge in [0.05, 0.1) is 0 Å². The number of ether oxygens (including phenoxy) is 1. The molecule has 170 valence electrons. The first kappa shape index (κ1) is 24.3. The normalized spacial score (nSPS) is 16.5. The molecule has 0 bridgehead atoms. The molecule has 9 nitrogen and oxygen atoms in total. The van der Waals surface area contributed by atoms with Crippen molar-refractivity contribution >= 4 is 21.9 Å². The van der Waals surface area contributed by atoms with Gasteiger partial charge in [-0.25, -0.2) is 13.4 Å². The minimum atomic E-state index is -3.65. The maximum atomic E-state index is 12.8. The van der Waals surface area contributed by atoms with Crippen LogP contribution >= 0.6 is 0 Å². The number of aromatic nitrogens is 2. The van der Waals surface area contributed by atoms with E-state index in [2.05, 4.69) is 4.98 Å². The molecule has 1 aliphatic rings. The van der Waals surface area contributed by atoms with E-state index in [0.29, 0.717) is 44.7 Å². The van der Waals surface area contributed by atoms with Gasteiger partial charge in [-0.3, -0.25) is 9.59 Å². The first-order valence-electron chi connectivity index (χ1n) is 10.3. The smallest absolute Gasteiger partial charge is 0.306 e. The minimum absolute atomic E-state index is 0.00934. The lowest BCUT2D eigenvalue weighted by atomic mass is 9.96. The maximum absolute atomic E-state index is 12.8. The molecule has 1 amide bonds. The van der Waals surface area contributed by atoms with Gasteiger partial charge < -0.3 is 14.2 Å². The van der Waals surface area contributed by atoms with Crippen molar-refractivity contribution in [2.24, 2.45) is 13.0 Å². The molecule has 2 heterocycles. The standard InChI is InChI=1S/C20H34N4O5S/c1-15-21-17(14-23(15)6)30(27,28)24-12-9-16(10-13-24)19(26)22(5)11-7-8-18(25)29-20(2,3)4/h14,16H,7-13H2,1-6H3. The van der Waals surface area contributed by atoms with E-state index in [4.69, 9.17) is 4.74 Å². The molecule has 1 fully saturated rings. The molecule has 0 aromatic carbocycles. The Labute approximate surface area is 179 Å². The van der Waals surface area contributed by atoms with E-state index >= 15 is 0 Å². The van der Waals surface area contributed by atoms with Gasteiger partial charge in [-0.05, 0) is 47.0 Å². The molecule has 1 saturated heterocycles. The molecule has 0 radical (unpaired) electrons. The average molecular weight is 443 g/mol. The van der Waals surface area contributed by atoms with Crippen LogP contribution in [0.25, 0.3) is 0 Å². The summed E-state index contributed by atoms with van der Waals surface area (Å²) in [7, 11) is -0.172. The van der Waals surface area contributed by atoms with E-state index in [1.54, 1.807) is 30.5 Å². The predicted molar refractivity (Wildman–Crippen MR) is 112 cm³/mol. The lowest BCUT2D eigenvalue weighted by Gasteiger charge is -2.32. The number of esters is 1. The van der Waals surface area contributed by atoms with E-state index in [-0.39, 0.29) is 29.2 Å². The Balaban J connectivity index is 1.82. The molecule has 1 aliphatic heterocycles. The molecular formula is C20H34N4O5S. The van der Waals surface area contributed by atoms with Gasteiger partial charge in [0.15, 0.2) is 5.03 Å². The fraction of sp³-hybridized carbons (Fsp3) is 0.750. The van der Waals surface area contributed by atoms with Crippen LogP contribution in [0.4, 0.5) is 0 Å². The first-order chi connectivity index (χ1) is 13.8. The second-order valence-corrected chi connectivity index (χ2v) is 10.8. The second kappa shape index (κ2) is 9.47. The van der Waals surface area contributed by atoms with Crippen LogP contribution in [0.15, 0.2) is 11.2 Å². The van der Waals surface area contributed by atoms with Crippen molar-refractivity contribution < 1.29 is 22.7 Å². The van der Waals surface area contributed by atoms with E-state index in [1.807, 2.05) is 20.8 Å². The molecular weight excluding hydrogens is 408 g/mol. The number of amides is 1. The Morgan fingerprint density at radius 1 is 1.27 bits per heavy atom. The average Bonchev–Trinajstić information content (AvgIpc) is 2.99. The zero-order chi connectivity index (χ0) is 22.7. The number of carbonyl (C=O) groups is 2. The topological polar surface area (TPSA) is 102 Å². The minimum Gasteiger partial charge on any atom is -0.460 e. The maximum Gasteiger partial charge on any atom is 0.306 e. The number of piperidine rings is 1. The van der Waals surface area contributed by atoms with Crippen LogP contribution in [0.2, 0.25) is 0 Å². The van der Waals surface area contributed by atoms with Crippen LogP contribution in [-0.4, -0.2) is 71.3 Å². The summed E-state index contributed by atoms with van der Waals surface area (Å²) in [5, 5.41) is 0.0477. The largest absolute Gasteiger partial charge is 0.460 e. The second-order valence-electron chi connectivity index (χ2n) is 8.87. The Bertz CT molecular complexity index is 845. The van der Waals surface area contributed by atoms with Crippen molar-refractivity contribution in [1.82, 2.24) is 18.8 Å². The van der Waals surface area contributed by atoms with E-state index in [9.17, 15) is 18.0 Å². The van der Waals surface area contributed by atoms with E-state index in [0.717, 1.165) is 0 Å². The summed E-state index contributed by atoms with van der Waals surface area (Å²) >= 11 is 0. The number of hydrogen-bond acceptors (Lipinski definition) is 6. The third-order valence-electron chi connectivity index (χ3n) is 5.16. The Kier molecular flexibility index (Phi) is 7.68. The van der Waals surface area contributed by atoms with Gasteiger partial charge in [0, 0.05) is 52.3 Å². The molecule has 2 rings (SSSR count). The highest BCUT2D eigenvalue weighted by molar-refractivity contribution is 7.89. The fourth-order valence-electron chi connectivity index (χ4n) is 3.40. The van der Waals surface area contributed by atoms with Gasteiger partial charge in [0.25, 0.3) is 10.0 Å². The predicted octanol–water partition coefficient (Wildman–Crippen LogP) is 1.71. The van der Waals surface area contributed by atoms with Gasteiger partial charge in [-0.2, -0.15) is 4.31 Å². The first-order valence-corrected chi connectivity index (χ1v) is 11.7. The number of nitrogens with zero attached hydrogens (tertiary/aromatic N) is 4. The van der Waals surface area contributed by atoms with Crippen LogP contribution in [0.5, 0.6) is 0 Å². The number of aryl methyl sites for hydroxylation is 2. The van der Waals surface area contributed by atoms with Crippen molar-refractivity contribution in [3.05, 3.63) is 12.0 Å². The summed E-state index contributed by atoms with van der Waals surface area (Å²) in [6.07, 6.45) is 3.25. The summed E-state index contributed by atoms with van der Waals surface area (Å²) < 4.78 is 33.9.